The molecule has 27 heavy (non-hydrogen) atoms. The number of rotatable bonds is 6. The summed E-state index contributed by atoms with van der Waals surface area (Å²) in [6.07, 6.45) is 12.2. The monoisotopic (exact) mass is 358 g/mol. The van der Waals surface area contributed by atoms with Crippen LogP contribution in [0, 0.1) is 0 Å². The van der Waals surface area contributed by atoms with E-state index in [9.17, 15) is 4.79 Å². The summed E-state index contributed by atoms with van der Waals surface area (Å²) in [7, 11) is 0. The molecule has 0 aliphatic heterocycles. The third-order valence-electron chi connectivity index (χ3n) is 4.15. The molecule has 0 bridgehead atoms. The van der Waals surface area contributed by atoms with Crippen molar-refractivity contribution in [1.82, 2.24) is 29.4 Å². The fourth-order valence-electron chi connectivity index (χ4n) is 2.81. The lowest BCUT2D eigenvalue weighted by atomic mass is 10.1. The number of pyridine rings is 1. The van der Waals surface area contributed by atoms with E-state index >= 15 is 0 Å². The molecule has 1 aromatic carbocycles. The van der Waals surface area contributed by atoms with Crippen molar-refractivity contribution < 1.29 is 4.79 Å². The van der Waals surface area contributed by atoms with Crippen LogP contribution in [0.5, 0.6) is 0 Å². The number of aromatic nitrogens is 5. The minimum atomic E-state index is -0.140. The molecule has 4 rings (SSSR count). The summed E-state index contributed by atoms with van der Waals surface area (Å²) < 4.78 is 3.77. The van der Waals surface area contributed by atoms with Gasteiger partial charge in [0.1, 0.15) is 12.1 Å². The molecule has 0 atom stereocenters. The summed E-state index contributed by atoms with van der Waals surface area (Å²) >= 11 is 0. The smallest absolute Gasteiger partial charge is 0.251 e. The Morgan fingerprint density at radius 3 is 2.63 bits per heavy atom. The molecule has 3 heterocycles. The molecule has 0 saturated heterocycles. The van der Waals surface area contributed by atoms with E-state index in [0.29, 0.717) is 17.9 Å². The summed E-state index contributed by atoms with van der Waals surface area (Å²) in [4.78, 5) is 24.8. The lowest BCUT2D eigenvalue weighted by Gasteiger charge is -2.09. The number of nitrogens with zero attached hydrogens (tertiary/aromatic N) is 5. The molecule has 0 fully saturated rings. The SMILES string of the molecule is O=C(NCc1cccc(Cn2ccnc2)c1)c1ccnc(-n2ccnc2)c1. The fourth-order valence-corrected chi connectivity index (χ4v) is 2.81. The summed E-state index contributed by atoms with van der Waals surface area (Å²) in [6.45, 7) is 1.21. The lowest BCUT2D eigenvalue weighted by Crippen LogP contribution is -2.23. The average molecular weight is 358 g/mol. The van der Waals surface area contributed by atoms with E-state index in [2.05, 4.69) is 32.4 Å². The minimum absolute atomic E-state index is 0.140. The van der Waals surface area contributed by atoms with E-state index in [1.165, 1.54) is 0 Å². The second-order valence-corrected chi connectivity index (χ2v) is 6.11. The predicted molar refractivity (Wildman–Crippen MR) is 100 cm³/mol. The first-order valence-corrected chi connectivity index (χ1v) is 8.54. The molecule has 4 aromatic rings. The highest BCUT2D eigenvalue weighted by Crippen LogP contribution is 2.09. The highest BCUT2D eigenvalue weighted by Gasteiger charge is 2.08. The maximum Gasteiger partial charge on any atom is 0.251 e. The second kappa shape index (κ2) is 7.65. The molecule has 134 valence electrons. The number of hydrogen-bond acceptors (Lipinski definition) is 4. The largest absolute Gasteiger partial charge is 0.348 e. The molecule has 0 saturated carbocycles. The van der Waals surface area contributed by atoms with Crippen molar-refractivity contribution in [2.45, 2.75) is 13.1 Å². The molecular formula is C20H18N6O. The summed E-state index contributed by atoms with van der Waals surface area (Å²) in [6, 6.07) is 11.6. The van der Waals surface area contributed by atoms with Gasteiger partial charge in [0.05, 0.1) is 6.33 Å². The fraction of sp³-hybridized carbons (Fsp3) is 0.100. The van der Waals surface area contributed by atoms with Gasteiger partial charge in [-0.05, 0) is 23.3 Å². The summed E-state index contributed by atoms with van der Waals surface area (Å²) in [5.74, 6) is 0.515. The van der Waals surface area contributed by atoms with Crippen LogP contribution in [0.25, 0.3) is 5.82 Å². The van der Waals surface area contributed by atoms with Crippen LogP contribution in [-0.4, -0.2) is 30.0 Å². The maximum atomic E-state index is 12.5. The van der Waals surface area contributed by atoms with Crippen LogP contribution >= 0.6 is 0 Å². The molecular weight excluding hydrogens is 340 g/mol. The van der Waals surface area contributed by atoms with Crippen LogP contribution in [-0.2, 0) is 13.1 Å². The first-order valence-electron chi connectivity index (χ1n) is 8.54. The first kappa shape index (κ1) is 16.7. The topological polar surface area (TPSA) is 77.6 Å². The van der Waals surface area contributed by atoms with Crippen molar-refractivity contribution in [3.63, 3.8) is 0 Å². The van der Waals surface area contributed by atoms with Crippen LogP contribution in [0.15, 0.2) is 80.0 Å². The number of carbonyl (C=O) groups excluding carboxylic acids is 1. The van der Waals surface area contributed by atoms with Gasteiger partial charge in [-0.1, -0.05) is 24.3 Å². The van der Waals surface area contributed by atoms with E-state index in [1.807, 2.05) is 22.9 Å². The molecule has 7 nitrogen and oxygen atoms in total. The molecule has 0 unspecified atom stereocenters. The average Bonchev–Trinajstić information content (AvgIpc) is 3.41. The van der Waals surface area contributed by atoms with Gasteiger partial charge in [-0.25, -0.2) is 15.0 Å². The highest BCUT2D eigenvalue weighted by atomic mass is 16.1. The van der Waals surface area contributed by atoms with Gasteiger partial charge in [-0.3, -0.25) is 9.36 Å². The van der Waals surface area contributed by atoms with Crippen molar-refractivity contribution in [2.24, 2.45) is 0 Å². The van der Waals surface area contributed by atoms with Gasteiger partial charge < -0.3 is 9.88 Å². The Balaban J connectivity index is 1.41. The summed E-state index contributed by atoms with van der Waals surface area (Å²) in [5, 5.41) is 2.96. The molecule has 1 N–H and O–H groups in total. The zero-order chi connectivity index (χ0) is 18.5. The lowest BCUT2D eigenvalue weighted by molar-refractivity contribution is 0.0950. The Hall–Kier alpha value is -3.74. The second-order valence-electron chi connectivity index (χ2n) is 6.11. The third-order valence-corrected chi connectivity index (χ3v) is 4.15. The molecule has 0 aliphatic rings. The van der Waals surface area contributed by atoms with E-state index in [1.54, 1.807) is 54.1 Å². The van der Waals surface area contributed by atoms with Gasteiger partial charge in [-0.2, -0.15) is 0 Å². The van der Waals surface area contributed by atoms with E-state index < -0.39 is 0 Å². The van der Waals surface area contributed by atoms with Crippen LogP contribution < -0.4 is 5.32 Å². The molecule has 0 aliphatic carbocycles. The maximum absolute atomic E-state index is 12.5. The van der Waals surface area contributed by atoms with E-state index in [4.69, 9.17) is 0 Å². The van der Waals surface area contributed by atoms with Gasteiger partial charge in [0.25, 0.3) is 5.91 Å². The molecule has 7 heteroatoms. The van der Waals surface area contributed by atoms with Crippen LogP contribution in [0.2, 0.25) is 0 Å². The quantitative estimate of drug-likeness (QED) is 0.574. The van der Waals surface area contributed by atoms with Crippen molar-refractivity contribution in [2.75, 3.05) is 0 Å². The highest BCUT2D eigenvalue weighted by molar-refractivity contribution is 5.94. The van der Waals surface area contributed by atoms with Gasteiger partial charge in [0.15, 0.2) is 0 Å². The minimum Gasteiger partial charge on any atom is -0.348 e. The Morgan fingerprint density at radius 2 is 1.81 bits per heavy atom. The van der Waals surface area contributed by atoms with Crippen LogP contribution in [0.4, 0.5) is 0 Å². The molecule has 1 amide bonds. The Labute approximate surface area is 156 Å². The predicted octanol–water partition coefficient (Wildman–Crippen LogP) is 2.44. The molecule has 3 aromatic heterocycles. The van der Waals surface area contributed by atoms with Crippen LogP contribution in [0.1, 0.15) is 21.5 Å². The molecule has 0 spiro atoms. The van der Waals surface area contributed by atoms with Crippen molar-refractivity contribution in [3.8, 4) is 5.82 Å². The Kier molecular flexibility index (Phi) is 4.74. The zero-order valence-corrected chi connectivity index (χ0v) is 14.6. The number of hydrogen-bond donors (Lipinski definition) is 1. The zero-order valence-electron chi connectivity index (χ0n) is 14.6. The third kappa shape index (κ3) is 4.09. The molecule has 0 radical (unpaired) electrons. The Morgan fingerprint density at radius 1 is 0.963 bits per heavy atom. The normalized spacial score (nSPS) is 10.7. The van der Waals surface area contributed by atoms with Crippen molar-refractivity contribution >= 4 is 5.91 Å². The van der Waals surface area contributed by atoms with Gasteiger partial charge in [0.2, 0.25) is 0 Å². The number of amides is 1. The first-order chi connectivity index (χ1) is 13.3. The summed E-state index contributed by atoms with van der Waals surface area (Å²) in [5.41, 5.74) is 2.76. The Bertz CT molecular complexity index is 1020. The van der Waals surface area contributed by atoms with Crippen LogP contribution in [0.3, 0.4) is 0 Å². The van der Waals surface area contributed by atoms with E-state index in [-0.39, 0.29) is 5.91 Å². The van der Waals surface area contributed by atoms with E-state index in [0.717, 1.165) is 17.7 Å². The number of carbonyl (C=O) groups is 1. The number of imidazole rings is 2. The van der Waals surface area contributed by atoms with Crippen molar-refractivity contribution in [1.29, 1.82) is 0 Å². The van der Waals surface area contributed by atoms with Gasteiger partial charge in [-0.15, -0.1) is 0 Å². The number of benzene rings is 1. The van der Waals surface area contributed by atoms with Gasteiger partial charge >= 0.3 is 0 Å². The van der Waals surface area contributed by atoms with Gasteiger partial charge in [0, 0.05) is 49.6 Å². The number of nitrogens with one attached hydrogen (secondary N) is 1. The van der Waals surface area contributed by atoms with Crippen molar-refractivity contribution in [3.05, 3.63) is 96.7 Å². The standard InChI is InChI=1S/C20H18N6O/c27-20(18-4-5-23-19(11-18)26-9-7-22-15-26)24-12-16-2-1-3-17(10-16)13-25-8-6-21-14-25/h1-11,14-15H,12-13H2,(H,24,27).